The zero-order valence-electron chi connectivity index (χ0n) is 12.9. The molecule has 2 saturated heterocycles. The van der Waals surface area contributed by atoms with Crippen LogP contribution in [0.25, 0.3) is 0 Å². The van der Waals surface area contributed by atoms with Crippen molar-refractivity contribution in [2.75, 3.05) is 39.9 Å². The quantitative estimate of drug-likeness (QED) is 0.565. The lowest BCUT2D eigenvalue weighted by molar-refractivity contribution is -0.398. The number of carbonyl (C=O) groups excluding carboxylic acids is 2. The Balaban J connectivity index is 2.12. The summed E-state index contributed by atoms with van der Waals surface area (Å²) in [6, 6.07) is -2.66. The monoisotopic (exact) mass is 379 g/mol. The second-order valence-corrected chi connectivity index (χ2v) is 5.47. The Morgan fingerprint density at radius 2 is 1.72 bits per heavy atom. The number of nitrogens with one attached hydrogen (secondary N) is 1. The molecule has 0 aromatic carbocycles. The number of hydrogen-bond acceptors (Lipinski definition) is 5. The number of alkyl halides is 6. The van der Waals surface area contributed by atoms with Crippen LogP contribution in [0.1, 0.15) is 0 Å². The van der Waals surface area contributed by atoms with Crippen molar-refractivity contribution in [1.82, 2.24) is 15.1 Å². The predicted octanol–water partition coefficient (Wildman–Crippen LogP) is 0.706. The number of ether oxygens (including phenoxy) is 2. The summed E-state index contributed by atoms with van der Waals surface area (Å²) >= 11 is 0. The number of esters is 1. The molecule has 2 heterocycles. The van der Waals surface area contributed by atoms with E-state index >= 15 is 0 Å². The average molecular weight is 379 g/mol. The minimum absolute atomic E-state index is 0.214. The van der Waals surface area contributed by atoms with Crippen LogP contribution in [-0.2, 0) is 14.3 Å². The van der Waals surface area contributed by atoms with Crippen LogP contribution in [0.3, 0.4) is 0 Å². The zero-order chi connectivity index (χ0) is 19.0. The van der Waals surface area contributed by atoms with Gasteiger partial charge >= 0.3 is 30.1 Å². The van der Waals surface area contributed by atoms with Crippen molar-refractivity contribution in [2.24, 2.45) is 0 Å². The number of hydrogen-bond donors (Lipinski definition) is 1. The standard InChI is InChI=1S/C12H15F6N3O4/c1-20-7(6-19-9(23)21-2-4-24-5-3-21)8(22)25-10(20,11(13,14)15)12(16,17)18/h7H,2-6H2,1H3,(H,19,23)/t7-/m0/s1. The Morgan fingerprint density at radius 1 is 1.20 bits per heavy atom. The molecule has 1 atom stereocenters. The lowest BCUT2D eigenvalue weighted by Gasteiger charge is -2.37. The Bertz CT molecular complexity index is 518. The third-order valence-corrected chi connectivity index (χ3v) is 4.00. The van der Waals surface area contributed by atoms with E-state index in [0.29, 0.717) is 7.05 Å². The first kappa shape index (κ1) is 19.6. The maximum atomic E-state index is 13.1. The number of carbonyl (C=O) groups is 2. The second-order valence-electron chi connectivity index (χ2n) is 5.47. The lowest BCUT2D eigenvalue weighted by Crippen LogP contribution is -2.66. The highest BCUT2D eigenvalue weighted by atomic mass is 19.4. The molecule has 1 N–H and O–H groups in total. The molecule has 0 aromatic rings. The molecule has 0 saturated carbocycles. The second kappa shape index (κ2) is 6.52. The Kier molecular flexibility index (Phi) is 5.10. The van der Waals surface area contributed by atoms with Crippen LogP contribution in [0.15, 0.2) is 0 Å². The van der Waals surface area contributed by atoms with E-state index in [4.69, 9.17) is 4.74 Å². The van der Waals surface area contributed by atoms with E-state index in [-0.39, 0.29) is 31.2 Å². The van der Waals surface area contributed by atoms with E-state index in [0.717, 1.165) is 0 Å². The molecule has 25 heavy (non-hydrogen) atoms. The number of cyclic esters (lactones) is 1. The molecular formula is C12H15F6N3O4. The summed E-state index contributed by atoms with van der Waals surface area (Å²) in [5.41, 5.74) is -4.74. The number of amides is 2. The fourth-order valence-electron chi connectivity index (χ4n) is 2.62. The summed E-state index contributed by atoms with van der Waals surface area (Å²) in [6.45, 7) is 0.172. The molecule has 2 aliphatic rings. The van der Waals surface area contributed by atoms with Crippen LogP contribution in [0.4, 0.5) is 31.1 Å². The number of likely N-dealkylation sites (N-methyl/N-ethyl adjacent to an activating group) is 1. The fourth-order valence-corrected chi connectivity index (χ4v) is 2.62. The number of urea groups is 1. The highest BCUT2D eigenvalue weighted by Crippen LogP contribution is 2.51. The summed E-state index contributed by atoms with van der Waals surface area (Å²) in [6.07, 6.45) is -11.8. The third-order valence-electron chi connectivity index (χ3n) is 4.00. The molecule has 2 rings (SSSR count). The van der Waals surface area contributed by atoms with Crippen LogP contribution < -0.4 is 5.32 Å². The van der Waals surface area contributed by atoms with Gasteiger partial charge in [0.05, 0.1) is 13.2 Å². The Morgan fingerprint density at radius 3 is 2.16 bits per heavy atom. The number of halogens is 6. The molecular weight excluding hydrogens is 364 g/mol. The van der Waals surface area contributed by atoms with Gasteiger partial charge in [0.1, 0.15) is 6.04 Å². The minimum atomic E-state index is -5.90. The van der Waals surface area contributed by atoms with Gasteiger partial charge in [-0.2, -0.15) is 26.3 Å². The van der Waals surface area contributed by atoms with Crippen LogP contribution in [0.2, 0.25) is 0 Å². The Labute approximate surface area is 137 Å². The first-order chi connectivity index (χ1) is 11.4. The molecule has 7 nitrogen and oxygen atoms in total. The van der Waals surface area contributed by atoms with E-state index in [1.165, 1.54) is 4.90 Å². The van der Waals surface area contributed by atoms with Crippen molar-refractivity contribution < 1.29 is 45.4 Å². The van der Waals surface area contributed by atoms with Gasteiger partial charge < -0.3 is 19.7 Å². The van der Waals surface area contributed by atoms with E-state index in [2.05, 4.69) is 10.1 Å². The molecule has 2 aliphatic heterocycles. The molecule has 2 amide bonds. The molecule has 0 radical (unpaired) electrons. The van der Waals surface area contributed by atoms with E-state index in [1.807, 2.05) is 0 Å². The summed E-state index contributed by atoms with van der Waals surface area (Å²) in [5.74, 6) is -1.72. The third kappa shape index (κ3) is 3.34. The molecule has 0 aromatic heterocycles. The van der Waals surface area contributed by atoms with Crippen molar-refractivity contribution >= 4 is 12.0 Å². The normalized spacial score (nSPS) is 25.0. The molecule has 0 spiro atoms. The predicted molar refractivity (Wildman–Crippen MR) is 68.3 cm³/mol. The lowest BCUT2D eigenvalue weighted by atomic mass is 10.1. The van der Waals surface area contributed by atoms with Gasteiger partial charge in [-0.25, -0.2) is 9.69 Å². The largest absolute Gasteiger partial charge is 0.453 e. The van der Waals surface area contributed by atoms with Crippen LogP contribution in [-0.4, -0.2) is 85.8 Å². The maximum Gasteiger partial charge on any atom is 0.453 e. The SMILES string of the molecule is CN1[C@@H](CNC(=O)N2CCOCC2)C(=O)OC1(C(F)(F)F)C(F)(F)F. The van der Waals surface area contributed by atoms with E-state index in [9.17, 15) is 35.9 Å². The number of nitrogens with zero attached hydrogens (tertiary/aromatic N) is 2. The van der Waals surface area contributed by atoms with Crippen molar-refractivity contribution in [3.63, 3.8) is 0 Å². The van der Waals surface area contributed by atoms with E-state index < -0.39 is 42.7 Å². The first-order valence-corrected chi connectivity index (χ1v) is 7.11. The van der Waals surface area contributed by atoms with Gasteiger partial charge in [-0.15, -0.1) is 0 Å². The van der Waals surface area contributed by atoms with Crippen molar-refractivity contribution in [3.8, 4) is 0 Å². The van der Waals surface area contributed by atoms with Crippen LogP contribution in [0, 0.1) is 0 Å². The molecule has 0 bridgehead atoms. The molecule has 144 valence electrons. The van der Waals surface area contributed by atoms with E-state index in [1.54, 1.807) is 0 Å². The van der Waals surface area contributed by atoms with Crippen molar-refractivity contribution in [2.45, 2.75) is 24.1 Å². The smallest absolute Gasteiger partial charge is 0.423 e. The first-order valence-electron chi connectivity index (χ1n) is 7.11. The summed E-state index contributed by atoms with van der Waals surface area (Å²) in [7, 11) is 0.470. The van der Waals surface area contributed by atoms with Gasteiger partial charge in [0.15, 0.2) is 0 Å². The van der Waals surface area contributed by atoms with Gasteiger partial charge in [-0.3, -0.25) is 4.79 Å². The van der Waals surface area contributed by atoms with Crippen molar-refractivity contribution in [1.29, 1.82) is 0 Å². The van der Waals surface area contributed by atoms with Gasteiger partial charge in [0, 0.05) is 19.6 Å². The minimum Gasteiger partial charge on any atom is -0.423 e. The number of morpholine rings is 1. The summed E-state index contributed by atoms with van der Waals surface area (Å²) in [4.78, 5) is 24.5. The van der Waals surface area contributed by atoms with Crippen LogP contribution >= 0.6 is 0 Å². The molecule has 0 unspecified atom stereocenters. The maximum absolute atomic E-state index is 13.1. The zero-order valence-corrected chi connectivity index (χ0v) is 12.9. The topological polar surface area (TPSA) is 71.1 Å². The molecule has 0 aliphatic carbocycles. The highest BCUT2D eigenvalue weighted by Gasteiger charge is 2.81. The van der Waals surface area contributed by atoms with Crippen molar-refractivity contribution in [3.05, 3.63) is 0 Å². The van der Waals surface area contributed by atoms with Gasteiger partial charge in [-0.1, -0.05) is 0 Å². The molecule has 2 fully saturated rings. The number of rotatable bonds is 2. The summed E-state index contributed by atoms with van der Waals surface area (Å²) in [5, 5.41) is 2.15. The summed E-state index contributed by atoms with van der Waals surface area (Å²) < 4.78 is 87.0. The highest BCUT2D eigenvalue weighted by molar-refractivity contribution is 5.81. The van der Waals surface area contributed by atoms with Crippen LogP contribution in [0.5, 0.6) is 0 Å². The molecule has 13 heteroatoms. The van der Waals surface area contributed by atoms with Gasteiger partial charge in [-0.05, 0) is 7.05 Å². The average Bonchev–Trinajstić information content (AvgIpc) is 2.77. The fraction of sp³-hybridized carbons (Fsp3) is 0.833. The van der Waals surface area contributed by atoms with Gasteiger partial charge in [0.25, 0.3) is 0 Å². The van der Waals surface area contributed by atoms with Gasteiger partial charge in [0.2, 0.25) is 0 Å². The Hall–Kier alpha value is -1.76.